The molecule has 2 aromatic carbocycles. The molecule has 6 nitrogen and oxygen atoms in total. The number of nitrogens with zero attached hydrogens (tertiary/aromatic N) is 3. The van der Waals surface area contributed by atoms with Gasteiger partial charge in [0.2, 0.25) is 0 Å². The number of halogens is 2. The van der Waals surface area contributed by atoms with Crippen LogP contribution in [0.1, 0.15) is 51.7 Å². The quantitative estimate of drug-likeness (QED) is 0.322. The Hall–Kier alpha value is -3.72. The minimum atomic E-state index is -2.92. The molecule has 1 N–H and O–H groups in total. The number of para-hydroxylation sites is 1. The Kier molecular flexibility index (Phi) is 8.46. The van der Waals surface area contributed by atoms with Crippen LogP contribution in [0.15, 0.2) is 66.9 Å². The maximum Gasteiger partial charge on any atom is 0.266 e. The average Bonchev–Trinajstić information content (AvgIpc) is 3.34. The molecule has 1 atom stereocenters. The largest absolute Gasteiger partial charge is 0.350 e. The number of nitrogens with one attached hydrogen (secondary N) is 1. The molecule has 4 aromatic rings. The van der Waals surface area contributed by atoms with Crippen molar-refractivity contribution >= 4 is 34.1 Å². The Morgan fingerprint density at radius 2 is 1.82 bits per heavy atom. The van der Waals surface area contributed by atoms with E-state index in [1.165, 1.54) is 16.2 Å². The van der Waals surface area contributed by atoms with Gasteiger partial charge in [-0.3, -0.25) is 14.6 Å². The van der Waals surface area contributed by atoms with Gasteiger partial charge in [0.25, 0.3) is 17.7 Å². The third-order valence-corrected chi connectivity index (χ3v) is 7.26. The van der Waals surface area contributed by atoms with Crippen LogP contribution < -0.4 is 5.32 Å². The van der Waals surface area contributed by atoms with Crippen molar-refractivity contribution in [2.45, 2.75) is 45.6 Å². The molecule has 0 aliphatic carbocycles. The molecule has 1 saturated heterocycles. The van der Waals surface area contributed by atoms with Crippen LogP contribution in [0, 0.1) is 6.92 Å². The molecule has 1 aliphatic heterocycles. The second kappa shape index (κ2) is 11.8. The summed E-state index contributed by atoms with van der Waals surface area (Å²) in [7, 11) is 0. The van der Waals surface area contributed by atoms with E-state index >= 15 is 0 Å². The van der Waals surface area contributed by atoms with Crippen LogP contribution in [0.4, 0.5) is 8.78 Å². The Morgan fingerprint density at radius 1 is 1.08 bits per heavy atom. The molecule has 5 rings (SSSR count). The lowest BCUT2D eigenvalue weighted by Gasteiger charge is -2.39. The Balaban J connectivity index is 0.00000164. The number of alkyl halides is 2. The highest BCUT2D eigenvalue weighted by molar-refractivity contribution is 7.14. The van der Waals surface area contributed by atoms with Crippen LogP contribution in [0.3, 0.4) is 0 Å². The van der Waals surface area contributed by atoms with Crippen LogP contribution in [0.2, 0.25) is 0 Å². The van der Waals surface area contributed by atoms with Gasteiger partial charge in [-0.25, -0.2) is 13.8 Å². The number of hydrogen-bond acceptors (Lipinski definition) is 5. The lowest BCUT2D eigenvalue weighted by Crippen LogP contribution is -2.54. The third-order valence-electron chi connectivity index (χ3n) is 6.31. The molecule has 0 bridgehead atoms. The van der Waals surface area contributed by atoms with E-state index in [4.69, 9.17) is 0 Å². The SMILES string of the molecule is CC.Cc1nc(-c2ccccc2)c(C(=O)N2CCC(F)(F)C[C@H]2CNC(=O)c2cccc3cccnc23)s1. The van der Waals surface area contributed by atoms with Crippen LogP contribution in [-0.4, -0.2) is 51.7 Å². The number of benzene rings is 2. The van der Waals surface area contributed by atoms with Crippen molar-refractivity contribution in [1.29, 1.82) is 0 Å². The van der Waals surface area contributed by atoms with Crippen LogP contribution in [-0.2, 0) is 0 Å². The number of rotatable bonds is 5. The highest BCUT2D eigenvalue weighted by atomic mass is 32.1. The molecule has 2 amide bonds. The predicted octanol–water partition coefficient (Wildman–Crippen LogP) is 6.36. The first-order valence-electron chi connectivity index (χ1n) is 12.7. The summed E-state index contributed by atoms with van der Waals surface area (Å²) in [6, 6.07) is 17.3. The molecule has 9 heteroatoms. The normalized spacial score (nSPS) is 16.4. The van der Waals surface area contributed by atoms with Gasteiger partial charge in [0, 0.05) is 43.1 Å². The number of hydrogen-bond donors (Lipinski definition) is 1. The molecule has 198 valence electrons. The first-order chi connectivity index (χ1) is 18.3. The zero-order valence-corrected chi connectivity index (χ0v) is 22.4. The highest BCUT2D eigenvalue weighted by Gasteiger charge is 2.43. The number of pyridine rings is 1. The number of carbonyl (C=O) groups is 2. The van der Waals surface area contributed by atoms with Crippen LogP contribution in [0.5, 0.6) is 0 Å². The number of carbonyl (C=O) groups excluding carboxylic acids is 2. The van der Waals surface area contributed by atoms with Gasteiger partial charge in [-0.05, 0) is 19.1 Å². The monoisotopic (exact) mass is 536 g/mol. The van der Waals surface area contributed by atoms with Crippen molar-refractivity contribution in [3.8, 4) is 11.3 Å². The summed E-state index contributed by atoms with van der Waals surface area (Å²) in [4.78, 5) is 37.4. The Bertz CT molecular complexity index is 1420. The summed E-state index contributed by atoms with van der Waals surface area (Å²) in [5, 5.41) is 4.29. The van der Waals surface area contributed by atoms with E-state index in [1.54, 1.807) is 24.4 Å². The van der Waals surface area contributed by atoms with E-state index in [2.05, 4.69) is 15.3 Å². The van der Waals surface area contributed by atoms with Crippen LogP contribution in [0.25, 0.3) is 22.2 Å². The molecule has 0 saturated carbocycles. The molecule has 0 radical (unpaired) electrons. The van der Waals surface area contributed by atoms with E-state index < -0.39 is 30.7 Å². The van der Waals surface area contributed by atoms with Gasteiger partial charge < -0.3 is 10.2 Å². The highest BCUT2D eigenvalue weighted by Crippen LogP contribution is 2.35. The van der Waals surface area contributed by atoms with Gasteiger partial charge in [-0.1, -0.05) is 62.4 Å². The molecule has 1 fully saturated rings. The molecular weight excluding hydrogens is 506 g/mol. The number of fused-ring (bicyclic) bond motifs is 1. The van der Waals surface area contributed by atoms with E-state index in [9.17, 15) is 18.4 Å². The zero-order chi connectivity index (χ0) is 27.3. The number of aromatic nitrogens is 2. The van der Waals surface area contributed by atoms with Crippen molar-refractivity contribution in [1.82, 2.24) is 20.2 Å². The summed E-state index contributed by atoms with van der Waals surface area (Å²) in [5.74, 6) is -3.68. The average molecular weight is 537 g/mol. The van der Waals surface area contributed by atoms with Gasteiger partial charge in [0.05, 0.1) is 27.8 Å². The van der Waals surface area contributed by atoms with Gasteiger partial charge in [0.15, 0.2) is 0 Å². The lowest BCUT2D eigenvalue weighted by molar-refractivity contribution is -0.0689. The molecule has 2 aromatic heterocycles. The first-order valence-corrected chi connectivity index (χ1v) is 13.5. The van der Waals surface area contributed by atoms with Gasteiger partial charge in [-0.15, -0.1) is 11.3 Å². The van der Waals surface area contributed by atoms with Gasteiger partial charge in [-0.2, -0.15) is 0 Å². The first kappa shape index (κ1) is 27.3. The molecule has 3 heterocycles. The molecule has 0 spiro atoms. The summed E-state index contributed by atoms with van der Waals surface area (Å²) in [5.41, 5.74) is 2.23. The Labute approximate surface area is 224 Å². The van der Waals surface area contributed by atoms with E-state index in [0.29, 0.717) is 26.7 Å². The number of likely N-dealkylation sites (tertiary alicyclic amines) is 1. The second-order valence-electron chi connectivity index (χ2n) is 8.83. The fourth-order valence-corrected chi connectivity index (χ4v) is 5.46. The summed E-state index contributed by atoms with van der Waals surface area (Å²) >= 11 is 1.25. The second-order valence-corrected chi connectivity index (χ2v) is 10.0. The molecule has 0 unspecified atom stereocenters. The van der Waals surface area contributed by atoms with Crippen molar-refractivity contribution in [2.24, 2.45) is 0 Å². The number of amides is 2. The fourth-order valence-electron chi connectivity index (χ4n) is 4.56. The number of aryl methyl sites for hydroxylation is 1. The van der Waals surface area contributed by atoms with Gasteiger partial charge in [0.1, 0.15) is 4.88 Å². The topological polar surface area (TPSA) is 75.2 Å². The van der Waals surface area contributed by atoms with Crippen LogP contribution >= 0.6 is 11.3 Å². The summed E-state index contributed by atoms with van der Waals surface area (Å²) in [6.07, 6.45) is 0.655. The summed E-state index contributed by atoms with van der Waals surface area (Å²) < 4.78 is 28.9. The molecular formula is C29H30F2N4O2S. The minimum Gasteiger partial charge on any atom is -0.350 e. The predicted molar refractivity (Wildman–Crippen MR) is 147 cm³/mol. The van der Waals surface area contributed by atoms with Crippen molar-refractivity contribution < 1.29 is 18.4 Å². The lowest BCUT2D eigenvalue weighted by atomic mass is 9.97. The fraction of sp³-hybridized carbons (Fsp3) is 0.310. The minimum absolute atomic E-state index is 0.0954. The van der Waals surface area contributed by atoms with Crippen molar-refractivity contribution in [3.05, 3.63) is 82.3 Å². The molecule has 38 heavy (non-hydrogen) atoms. The van der Waals surface area contributed by atoms with Crippen molar-refractivity contribution in [3.63, 3.8) is 0 Å². The smallest absolute Gasteiger partial charge is 0.266 e. The standard InChI is InChI=1S/C27H24F2N4O2S.C2H6/c1-17-32-23(19-7-3-2-4-8-19)24(36-17)26(35)33-14-12-27(28,29)15-20(33)16-31-25(34)21-11-5-9-18-10-6-13-30-22(18)21;1-2/h2-11,13,20H,12,14-16H2,1H3,(H,31,34);1-2H3/t20-;/m0./s1. The Morgan fingerprint density at radius 3 is 2.58 bits per heavy atom. The van der Waals surface area contributed by atoms with E-state index in [-0.39, 0.29) is 19.0 Å². The van der Waals surface area contributed by atoms with Crippen molar-refractivity contribution in [2.75, 3.05) is 13.1 Å². The van der Waals surface area contributed by atoms with E-state index in [0.717, 1.165) is 10.9 Å². The number of thiazole rings is 1. The number of piperidine rings is 1. The maximum atomic E-state index is 14.4. The maximum absolute atomic E-state index is 14.4. The molecule has 1 aliphatic rings. The van der Waals surface area contributed by atoms with E-state index in [1.807, 2.05) is 63.2 Å². The summed E-state index contributed by atoms with van der Waals surface area (Å²) in [6.45, 7) is 5.61. The third kappa shape index (κ3) is 5.88. The zero-order valence-electron chi connectivity index (χ0n) is 21.6. The van der Waals surface area contributed by atoms with Gasteiger partial charge >= 0.3 is 0 Å².